The fraction of sp³-hybridized carbons (Fsp3) is 1.00. The molecule has 0 saturated heterocycles. The molecule has 0 aromatic carbocycles. The zero-order chi connectivity index (χ0) is 6.83. The van der Waals surface area contributed by atoms with Crippen molar-refractivity contribution in [2.45, 2.75) is 0 Å². The molecule has 0 aliphatic heterocycles. The number of aliphatic hydroxyl groups is 2. The van der Waals surface area contributed by atoms with E-state index in [4.69, 9.17) is 10.2 Å². The highest BCUT2D eigenvalue weighted by Gasteiger charge is 1.58. The minimum absolute atomic E-state index is 0.125. The Hall–Kier alpha value is 0.620. The summed E-state index contributed by atoms with van der Waals surface area (Å²) in [7, 11) is 0. The Bertz CT molecular complexity index is 20.0. The van der Waals surface area contributed by atoms with Gasteiger partial charge in [-0.15, -0.1) is 0 Å². The topological polar surface area (TPSA) is 40.5 Å². The fourth-order valence-corrected chi connectivity index (χ4v) is 0. The van der Waals surface area contributed by atoms with E-state index in [0.29, 0.717) is 0 Å². The Labute approximate surface area is 60.7 Å². The molecule has 0 atom stereocenters. The van der Waals surface area contributed by atoms with Crippen LogP contribution >= 0.6 is 25.3 Å². The monoisotopic (exact) mass is 156 g/mol. The van der Waals surface area contributed by atoms with Gasteiger partial charge in [0.15, 0.2) is 0 Å². The number of rotatable bonds is 2. The van der Waals surface area contributed by atoms with Crippen LogP contribution in [-0.4, -0.2) is 34.9 Å². The Balaban J connectivity index is 0. The average molecular weight is 156 g/mol. The van der Waals surface area contributed by atoms with Gasteiger partial charge in [-0.1, -0.05) is 0 Å². The van der Waals surface area contributed by atoms with Crippen LogP contribution in [0.5, 0.6) is 0 Å². The Kier molecular flexibility index (Phi) is 22.3. The molecule has 0 unspecified atom stereocenters. The first-order chi connectivity index (χ1) is 3.83. The third kappa shape index (κ3) is 30.5. The average Bonchev–Trinajstić information content (AvgIpc) is 1.88. The molecule has 0 rings (SSSR count). The zero-order valence-corrected chi connectivity index (χ0v) is 6.41. The van der Waals surface area contributed by atoms with E-state index in [1.807, 2.05) is 0 Å². The predicted molar refractivity (Wildman–Crippen MR) is 41.9 cm³/mol. The van der Waals surface area contributed by atoms with E-state index in [-0.39, 0.29) is 13.2 Å². The van der Waals surface area contributed by atoms with E-state index < -0.39 is 0 Å². The molecule has 0 heterocycles. The molecule has 0 aromatic rings. The molecule has 8 heavy (non-hydrogen) atoms. The number of hydrogen-bond donors (Lipinski definition) is 4. The van der Waals surface area contributed by atoms with Gasteiger partial charge in [-0.05, 0) is 11.5 Å². The predicted octanol–water partition coefficient (Wildman–Crippen LogP) is -0.183. The summed E-state index contributed by atoms with van der Waals surface area (Å²) >= 11 is 7.69. The van der Waals surface area contributed by atoms with E-state index >= 15 is 0 Å². The van der Waals surface area contributed by atoms with Gasteiger partial charge >= 0.3 is 0 Å². The molecule has 0 spiro atoms. The molecule has 0 bridgehead atoms. The maximum absolute atomic E-state index is 7.62. The lowest BCUT2D eigenvalue weighted by Gasteiger charge is -1.70. The molecule has 0 saturated carbocycles. The van der Waals surface area contributed by atoms with Crippen LogP contribution < -0.4 is 0 Å². The molecule has 0 aromatic heterocycles. The highest BCUT2D eigenvalue weighted by molar-refractivity contribution is 7.84. The van der Waals surface area contributed by atoms with Gasteiger partial charge in [0, 0.05) is 0 Å². The van der Waals surface area contributed by atoms with Gasteiger partial charge in [0.1, 0.15) is 0 Å². The van der Waals surface area contributed by atoms with Crippen LogP contribution in [0.1, 0.15) is 0 Å². The van der Waals surface area contributed by atoms with E-state index in [2.05, 4.69) is 25.3 Å². The molecule has 52 valence electrons. The lowest BCUT2D eigenvalue weighted by atomic mass is 10.8. The second-order valence-electron chi connectivity index (χ2n) is 0.894. The van der Waals surface area contributed by atoms with Gasteiger partial charge < -0.3 is 10.2 Å². The van der Waals surface area contributed by atoms with Crippen LogP contribution in [0.15, 0.2) is 0 Å². The molecule has 0 radical (unpaired) electrons. The Morgan fingerprint density at radius 3 is 1.12 bits per heavy atom. The largest absolute Gasteiger partial charge is 0.394 e. The second-order valence-corrected chi connectivity index (χ2v) is 1.79. The summed E-state index contributed by atoms with van der Waals surface area (Å²) < 4.78 is 0. The Morgan fingerprint density at radius 1 is 0.875 bits per heavy atom. The van der Waals surface area contributed by atoms with Gasteiger partial charge in [-0.2, -0.15) is 25.3 Å². The van der Waals surface area contributed by atoms with Crippen molar-refractivity contribution < 1.29 is 10.2 Å². The normalized spacial score (nSPS) is 7.50. The lowest BCUT2D eigenvalue weighted by molar-refractivity contribution is 0.186. The molecule has 0 amide bonds. The standard InChI is InChI=1S/C2H6O2.C2H6S2/c2*3-1-2-4/h2*3-4H,1-2H2. The molecular formula is C4H12O2S2. The van der Waals surface area contributed by atoms with Crippen molar-refractivity contribution in [1.29, 1.82) is 0 Å². The highest BCUT2D eigenvalue weighted by Crippen LogP contribution is 1.73. The van der Waals surface area contributed by atoms with E-state index in [1.54, 1.807) is 0 Å². The molecule has 2 nitrogen and oxygen atoms in total. The van der Waals surface area contributed by atoms with Crippen molar-refractivity contribution in [1.82, 2.24) is 0 Å². The van der Waals surface area contributed by atoms with Crippen molar-refractivity contribution in [2.24, 2.45) is 0 Å². The summed E-state index contributed by atoms with van der Waals surface area (Å²) in [5.74, 6) is 1.76. The van der Waals surface area contributed by atoms with Crippen LogP contribution in [0.25, 0.3) is 0 Å². The van der Waals surface area contributed by atoms with Crippen LogP contribution in [0, 0.1) is 0 Å². The van der Waals surface area contributed by atoms with Gasteiger partial charge in [0.25, 0.3) is 0 Å². The van der Waals surface area contributed by atoms with E-state index in [1.165, 1.54) is 0 Å². The third-order valence-electron chi connectivity index (χ3n) is 0.200. The Morgan fingerprint density at radius 2 is 1.12 bits per heavy atom. The summed E-state index contributed by atoms with van der Waals surface area (Å²) in [6.45, 7) is -0.250. The van der Waals surface area contributed by atoms with Crippen molar-refractivity contribution >= 4 is 25.3 Å². The minimum Gasteiger partial charge on any atom is -0.394 e. The summed E-state index contributed by atoms with van der Waals surface area (Å²) in [6.07, 6.45) is 0. The first-order valence-corrected chi connectivity index (χ1v) is 3.53. The maximum Gasteiger partial charge on any atom is 0.0662 e. The van der Waals surface area contributed by atoms with Crippen LogP contribution in [-0.2, 0) is 0 Å². The third-order valence-corrected chi connectivity index (χ3v) is 1.000. The molecule has 2 N–H and O–H groups in total. The smallest absolute Gasteiger partial charge is 0.0662 e. The molecular weight excluding hydrogens is 144 g/mol. The van der Waals surface area contributed by atoms with Crippen molar-refractivity contribution in [2.75, 3.05) is 24.7 Å². The van der Waals surface area contributed by atoms with E-state index in [0.717, 1.165) is 11.5 Å². The zero-order valence-electron chi connectivity index (χ0n) is 4.62. The molecule has 0 fully saturated rings. The van der Waals surface area contributed by atoms with Crippen molar-refractivity contribution in [3.63, 3.8) is 0 Å². The van der Waals surface area contributed by atoms with Crippen LogP contribution in [0.2, 0.25) is 0 Å². The summed E-state index contributed by atoms with van der Waals surface area (Å²) in [6, 6.07) is 0. The number of thiol groups is 2. The van der Waals surface area contributed by atoms with Gasteiger partial charge in [-0.25, -0.2) is 0 Å². The SMILES string of the molecule is OCCO.SCCS. The maximum atomic E-state index is 7.62. The summed E-state index contributed by atoms with van der Waals surface area (Å²) in [5.41, 5.74) is 0. The summed E-state index contributed by atoms with van der Waals surface area (Å²) in [5, 5.41) is 15.2. The van der Waals surface area contributed by atoms with Gasteiger partial charge in [0.05, 0.1) is 13.2 Å². The lowest BCUT2D eigenvalue weighted by Crippen LogP contribution is -1.85. The fourth-order valence-electron chi connectivity index (χ4n) is 0. The van der Waals surface area contributed by atoms with Crippen LogP contribution in [0.3, 0.4) is 0 Å². The number of aliphatic hydroxyl groups excluding tert-OH is 2. The molecule has 0 aliphatic carbocycles. The first-order valence-electron chi connectivity index (χ1n) is 2.26. The highest BCUT2D eigenvalue weighted by atomic mass is 32.1. The summed E-state index contributed by atoms with van der Waals surface area (Å²) in [4.78, 5) is 0. The van der Waals surface area contributed by atoms with Gasteiger partial charge in [-0.3, -0.25) is 0 Å². The van der Waals surface area contributed by atoms with Crippen LogP contribution in [0.4, 0.5) is 0 Å². The number of hydrogen-bond acceptors (Lipinski definition) is 4. The molecule has 0 aliphatic rings. The van der Waals surface area contributed by atoms with E-state index in [9.17, 15) is 0 Å². The quantitative estimate of drug-likeness (QED) is 0.419. The van der Waals surface area contributed by atoms with Gasteiger partial charge in [0.2, 0.25) is 0 Å². The van der Waals surface area contributed by atoms with Crippen molar-refractivity contribution in [3.8, 4) is 0 Å². The first kappa shape index (κ1) is 11.4. The molecule has 4 heteroatoms. The van der Waals surface area contributed by atoms with Crippen molar-refractivity contribution in [3.05, 3.63) is 0 Å². The second kappa shape index (κ2) is 15.6. The minimum atomic E-state index is -0.125.